The fraction of sp³-hybridized carbons (Fsp3) is 0.611. The molecule has 0 aliphatic carbocycles. The Labute approximate surface area is 126 Å². The summed E-state index contributed by atoms with van der Waals surface area (Å²) in [4.78, 5) is 0. The van der Waals surface area contributed by atoms with Gasteiger partial charge in [0.25, 0.3) is 0 Å². The fourth-order valence-corrected chi connectivity index (χ4v) is 3.67. The van der Waals surface area contributed by atoms with E-state index in [0.29, 0.717) is 6.42 Å². The van der Waals surface area contributed by atoms with Crippen LogP contribution in [0.4, 0.5) is 0 Å². The molecule has 3 nitrogen and oxygen atoms in total. The van der Waals surface area contributed by atoms with Crippen LogP contribution in [-0.4, -0.2) is 17.3 Å². The first-order valence-corrected chi connectivity index (χ1v) is 7.72. The van der Waals surface area contributed by atoms with Crippen molar-refractivity contribution in [2.75, 3.05) is 0 Å². The third-order valence-electron chi connectivity index (χ3n) is 5.04. The van der Waals surface area contributed by atoms with Crippen LogP contribution in [0.2, 0.25) is 0 Å². The molecule has 2 bridgehead atoms. The predicted octanol–water partition coefficient (Wildman–Crippen LogP) is 3.48. The van der Waals surface area contributed by atoms with E-state index in [1.807, 2.05) is 12.1 Å². The molecule has 1 aromatic carbocycles. The predicted molar refractivity (Wildman–Crippen MR) is 80.7 cm³/mol. The number of nitriles is 1. The van der Waals surface area contributed by atoms with Crippen LogP contribution in [-0.2, 0) is 10.2 Å². The van der Waals surface area contributed by atoms with Gasteiger partial charge in [0.05, 0.1) is 18.3 Å². The third-order valence-corrected chi connectivity index (χ3v) is 5.04. The molecular weight excluding hydrogens is 262 g/mol. The standard InChI is InChI=1S/C18H23NO2/c1-17(2,3)13-6-4-12(5-7-13)16(20)18(11-19)10-14-8-9-15(18)21-14/h4-7,14-16,20H,8-10H2,1-3H3. The van der Waals surface area contributed by atoms with E-state index >= 15 is 0 Å². The Morgan fingerprint density at radius 3 is 2.38 bits per heavy atom. The molecule has 3 rings (SSSR count). The molecule has 2 aliphatic heterocycles. The zero-order chi connectivity index (χ0) is 15.3. The van der Waals surface area contributed by atoms with Crippen molar-refractivity contribution in [3.63, 3.8) is 0 Å². The molecule has 21 heavy (non-hydrogen) atoms. The first kappa shape index (κ1) is 14.6. The highest BCUT2D eigenvalue weighted by Gasteiger charge is 2.57. The van der Waals surface area contributed by atoms with E-state index in [4.69, 9.17) is 4.74 Å². The number of aliphatic hydroxyl groups excluding tert-OH is 1. The lowest BCUT2D eigenvalue weighted by Gasteiger charge is -2.33. The maximum atomic E-state index is 10.8. The number of hydrogen-bond acceptors (Lipinski definition) is 3. The van der Waals surface area contributed by atoms with Crippen LogP contribution in [0, 0.1) is 16.7 Å². The molecule has 4 unspecified atom stereocenters. The second-order valence-electron chi connectivity index (χ2n) is 7.45. The Hall–Kier alpha value is -1.37. The number of nitrogens with zero attached hydrogens (tertiary/aromatic N) is 1. The maximum absolute atomic E-state index is 10.8. The van der Waals surface area contributed by atoms with Gasteiger partial charge in [-0.2, -0.15) is 5.26 Å². The van der Waals surface area contributed by atoms with E-state index in [2.05, 4.69) is 39.0 Å². The number of rotatable bonds is 2. The van der Waals surface area contributed by atoms with Crippen LogP contribution in [0.3, 0.4) is 0 Å². The summed E-state index contributed by atoms with van der Waals surface area (Å²) < 4.78 is 5.82. The van der Waals surface area contributed by atoms with E-state index in [1.54, 1.807) is 0 Å². The molecule has 3 heteroatoms. The van der Waals surface area contributed by atoms with Gasteiger partial charge in [-0.25, -0.2) is 0 Å². The molecule has 0 aromatic heterocycles. The molecule has 1 aromatic rings. The lowest BCUT2D eigenvalue weighted by molar-refractivity contribution is 0.00340. The average molecular weight is 285 g/mol. The lowest BCUT2D eigenvalue weighted by Crippen LogP contribution is -2.37. The Morgan fingerprint density at radius 2 is 1.95 bits per heavy atom. The highest BCUT2D eigenvalue weighted by Crippen LogP contribution is 2.53. The molecule has 0 spiro atoms. The van der Waals surface area contributed by atoms with Crippen molar-refractivity contribution in [2.24, 2.45) is 5.41 Å². The van der Waals surface area contributed by atoms with Crippen LogP contribution in [0.25, 0.3) is 0 Å². The van der Waals surface area contributed by atoms with Crippen molar-refractivity contribution < 1.29 is 9.84 Å². The first-order valence-electron chi connectivity index (χ1n) is 7.72. The number of ether oxygens (including phenoxy) is 1. The van der Waals surface area contributed by atoms with Crippen LogP contribution in [0.15, 0.2) is 24.3 Å². The molecule has 4 atom stereocenters. The van der Waals surface area contributed by atoms with Gasteiger partial charge in [0.1, 0.15) is 11.5 Å². The second kappa shape index (κ2) is 4.83. The Kier molecular flexibility index (Phi) is 3.35. The molecule has 0 amide bonds. The molecule has 0 saturated carbocycles. The zero-order valence-electron chi connectivity index (χ0n) is 13.0. The topological polar surface area (TPSA) is 53.2 Å². The second-order valence-corrected chi connectivity index (χ2v) is 7.45. The van der Waals surface area contributed by atoms with Gasteiger partial charge in [-0.05, 0) is 35.8 Å². The lowest BCUT2D eigenvalue weighted by atomic mass is 9.69. The van der Waals surface area contributed by atoms with Crippen molar-refractivity contribution in [1.29, 1.82) is 5.26 Å². The smallest absolute Gasteiger partial charge is 0.116 e. The number of aliphatic hydroxyl groups is 1. The Bertz CT molecular complexity index is 566. The van der Waals surface area contributed by atoms with Crippen molar-refractivity contribution in [3.8, 4) is 6.07 Å². The van der Waals surface area contributed by atoms with E-state index in [-0.39, 0.29) is 17.6 Å². The van der Waals surface area contributed by atoms with Crippen molar-refractivity contribution in [1.82, 2.24) is 0 Å². The van der Waals surface area contributed by atoms with E-state index < -0.39 is 11.5 Å². The first-order chi connectivity index (χ1) is 9.87. The minimum absolute atomic E-state index is 0.0892. The van der Waals surface area contributed by atoms with Crippen LogP contribution in [0.5, 0.6) is 0 Å². The Balaban J connectivity index is 1.88. The van der Waals surface area contributed by atoms with Gasteiger partial charge in [-0.3, -0.25) is 0 Å². The van der Waals surface area contributed by atoms with Gasteiger partial charge in [-0.15, -0.1) is 0 Å². The summed E-state index contributed by atoms with van der Waals surface area (Å²) in [5, 5.41) is 20.4. The average Bonchev–Trinajstić information content (AvgIpc) is 3.06. The van der Waals surface area contributed by atoms with Crippen LogP contribution in [0.1, 0.15) is 57.3 Å². The SMILES string of the molecule is CC(C)(C)c1ccc(C(O)C2(C#N)CC3CCC2O3)cc1. The highest BCUT2D eigenvalue weighted by molar-refractivity contribution is 5.32. The molecule has 2 heterocycles. The maximum Gasteiger partial charge on any atom is 0.116 e. The molecule has 2 saturated heterocycles. The fourth-order valence-electron chi connectivity index (χ4n) is 3.67. The molecule has 112 valence electrons. The summed E-state index contributed by atoms with van der Waals surface area (Å²) >= 11 is 0. The van der Waals surface area contributed by atoms with Gasteiger partial charge in [0, 0.05) is 0 Å². The number of hydrogen-bond donors (Lipinski definition) is 1. The van der Waals surface area contributed by atoms with Gasteiger partial charge in [0.2, 0.25) is 0 Å². The van der Waals surface area contributed by atoms with E-state index in [1.165, 1.54) is 5.56 Å². The minimum Gasteiger partial charge on any atom is -0.387 e. The summed E-state index contributed by atoms with van der Waals surface area (Å²) in [6.07, 6.45) is 1.81. The van der Waals surface area contributed by atoms with Crippen LogP contribution >= 0.6 is 0 Å². The molecule has 2 fully saturated rings. The van der Waals surface area contributed by atoms with Gasteiger partial charge in [0.15, 0.2) is 0 Å². The third kappa shape index (κ3) is 2.27. The summed E-state index contributed by atoms with van der Waals surface area (Å²) in [5.41, 5.74) is 1.37. The molecular formula is C18H23NO2. The van der Waals surface area contributed by atoms with Crippen molar-refractivity contribution >= 4 is 0 Å². The van der Waals surface area contributed by atoms with Gasteiger partial charge < -0.3 is 9.84 Å². The van der Waals surface area contributed by atoms with E-state index in [9.17, 15) is 10.4 Å². The van der Waals surface area contributed by atoms with Crippen molar-refractivity contribution in [3.05, 3.63) is 35.4 Å². The summed E-state index contributed by atoms with van der Waals surface area (Å²) in [7, 11) is 0. The normalized spacial score (nSPS) is 32.9. The zero-order valence-corrected chi connectivity index (χ0v) is 13.0. The molecule has 0 radical (unpaired) electrons. The molecule has 1 N–H and O–H groups in total. The van der Waals surface area contributed by atoms with Crippen molar-refractivity contribution in [2.45, 2.75) is 63.8 Å². The van der Waals surface area contributed by atoms with Crippen LogP contribution < -0.4 is 0 Å². The minimum atomic E-state index is -0.772. The van der Waals surface area contributed by atoms with Gasteiger partial charge in [-0.1, -0.05) is 45.0 Å². The number of benzene rings is 1. The largest absolute Gasteiger partial charge is 0.387 e. The summed E-state index contributed by atoms with van der Waals surface area (Å²) in [6.45, 7) is 6.50. The Morgan fingerprint density at radius 1 is 1.29 bits per heavy atom. The monoisotopic (exact) mass is 285 g/mol. The van der Waals surface area contributed by atoms with E-state index in [0.717, 1.165) is 18.4 Å². The summed E-state index contributed by atoms with van der Waals surface area (Å²) in [6, 6.07) is 10.4. The summed E-state index contributed by atoms with van der Waals surface area (Å²) in [5.74, 6) is 0. The van der Waals surface area contributed by atoms with Gasteiger partial charge >= 0.3 is 0 Å². The number of fused-ring (bicyclic) bond motifs is 2. The quantitative estimate of drug-likeness (QED) is 0.905. The highest BCUT2D eigenvalue weighted by atomic mass is 16.5. The molecule has 2 aliphatic rings.